The van der Waals surface area contributed by atoms with Crippen molar-refractivity contribution in [2.75, 3.05) is 0 Å². The smallest absolute Gasteiger partial charge is 0.119 e. The number of hydrogen-bond acceptors (Lipinski definition) is 2. The lowest BCUT2D eigenvalue weighted by molar-refractivity contribution is 0.210. The summed E-state index contributed by atoms with van der Waals surface area (Å²) in [4.78, 5) is 0. The summed E-state index contributed by atoms with van der Waals surface area (Å²) in [7, 11) is 0. The average molecular weight is 245 g/mol. The Bertz CT molecular complexity index is 402. The first-order valence-corrected chi connectivity index (χ1v) is 7.20. The van der Waals surface area contributed by atoms with Gasteiger partial charge in [0, 0.05) is 6.04 Å². The monoisotopic (exact) mass is 245 g/mol. The number of benzene rings is 1. The van der Waals surface area contributed by atoms with Crippen molar-refractivity contribution in [2.24, 2.45) is 11.1 Å². The van der Waals surface area contributed by atoms with E-state index in [-0.39, 0.29) is 6.04 Å². The highest BCUT2D eigenvalue weighted by molar-refractivity contribution is 5.31. The van der Waals surface area contributed by atoms with Crippen LogP contribution in [0.25, 0.3) is 0 Å². The SMILES string of the molecule is CC1(C(N)c2ccc(OC3CCCC3)cc2)CC1. The van der Waals surface area contributed by atoms with Crippen LogP contribution in [0.5, 0.6) is 5.75 Å². The summed E-state index contributed by atoms with van der Waals surface area (Å²) in [5, 5.41) is 0. The lowest BCUT2D eigenvalue weighted by atomic mass is 9.93. The van der Waals surface area contributed by atoms with Crippen molar-refractivity contribution >= 4 is 0 Å². The zero-order chi connectivity index (χ0) is 12.6. The Kier molecular flexibility index (Phi) is 3.06. The second-order valence-corrected chi connectivity index (χ2v) is 6.23. The Morgan fingerprint density at radius 1 is 1.17 bits per heavy atom. The molecule has 0 heterocycles. The zero-order valence-corrected chi connectivity index (χ0v) is 11.2. The summed E-state index contributed by atoms with van der Waals surface area (Å²) in [6.45, 7) is 2.28. The van der Waals surface area contributed by atoms with Gasteiger partial charge in [-0.15, -0.1) is 0 Å². The van der Waals surface area contributed by atoms with Gasteiger partial charge in [0.25, 0.3) is 0 Å². The molecule has 2 saturated carbocycles. The molecule has 2 fully saturated rings. The van der Waals surface area contributed by atoms with E-state index in [0.29, 0.717) is 11.5 Å². The highest BCUT2D eigenvalue weighted by atomic mass is 16.5. The quantitative estimate of drug-likeness (QED) is 0.875. The minimum Gasteiger partial charge on any atom is -0.490 e. The molecule has 0 radical (unpaired) electrons. The summed E-state index contributed by atoms with van der Waals surface area (Å²) < 4.78 is 5.97. The second-order valence-electron chi connectivity index (χ2n) is 6.23. The Labute approximate surface area is 110 Å². The van der Waals surface area contributed by atoms with Crippen LogP contribution in [0.1, 0.15) is 57.1 Å². The predicted molar refractivity (Wildman–Crippen MR) is 73.6 cm³/mol. The Balaban J connectivity index is 1.65. The Hall–Kier alpha value is -1.02. The van der Waals surface area contributed by atoms with Crippen molar-refractivity contribution in [3.63, 3.8) is 0 Å². The van der Waals surface area contributed by atoms with E-state index in [2.05, 4.69) is 31.2 Å². The van der Waals surface area contributed by atoms with E-state index in [1.165, 1.54) is 44.1 Å². The van der Waals surface area contributed by atoms with Crippen LogP contribution in [0.4, 0.5) is 0 Å². The molecule has 0 aliphatic heterocycles. The largest absolute Gasteiger partial charge is 0.490 e. The molecule has 3 rings (SSSR count). The fraction of sp³-hybridized carbons (Fsp3) is 0.625. The number of ether oxygens (including phenoxy) is 1. The molecule has 18 heavy (non-hydrogen) atoms. The maximum absolute atomic E-state index is 6.31. The third-order valence-electron chi connectivity index (χ3n) is 4.63. The fourth-order valence-electron chi connectivity index (χ4n) is 2.86. The van der Waals surface area contributed by atoms with Crippen LogP contribution >= 0.6 is 0 Å². The summed E-state index contributed by atoms with van der Waals surface area (Å²) in [5.74, 6) is 0.999. The van der Waals surface area contributed by atoms with Crippen LogP contribution in [-0.4, -0.2) is 6.10 Å². The topological polar surface area (TPSA) is 35.2 Å². The molecular weight excluding hydrogens is 222 g/mol. The van der Waals surface area contributed by atoms with E-state index >= 15 is 0 Å². The van der Waals surface area contributed by atoms with E-state index in [1.807, 2.05) is 0 Å². The fourth-order valence-corrected chi connectivity index (χ4v) is 2.86. The van der Waals surface area contributed by atoms with Crippen LogP contribution in [0, 0.1) is 5.41 Å². The molecule has 0 spiro atoms. The molecule has 0 amide bonds. The van der Waals surface area contributed by atoms with Crippen LogP contribution < -0.4 is 10.5 Å². The molecule has 1 aromatic carbocycles. The van der Waals surface area contributed by atoms with Gasteiger partial charge in [0.1, 0.15) is 5.75 Å². The van der Waals surface area contributed by atoms with Crippen molar-refractivity contribution in [2.45, 2.75) is 57.6 Å². The molecule has 98 valence electrons. The molecule has 2 aliphatic rings. The molecular formula is C16H23NO. The first-order chi connectivity index (χ1) is 8.67. The van der Waals surface area contributed by atoms with Gasteiger partial charge in [-0.3, -0.25) is 0 Å². The third-order valence-corrected chi connectivity index (χ3v) is 4.63. The standard InChI is InChI=1S/C16H23NO/c1-16(10-11-16)15(17)12-6-8-14(9-7-12)18-13-4-2-3-5-13/h6-9,13,15H,2-5,10-11,17H2,1H3. The Morgan fingerprint density at radius 2 is 1.78 bits per heavy atom. The van der Waals surface area contributed by atoms with Gasteiger partial charge in [-0.2, -0.15) is 0 Å². The minimum atomic E-state index is 0.179. The van der Waals surface area contributed by atoms with E-state index in [9.17, 15) is 0 Å². The highest BCUT2D eigenvalue weighted by Gasteiger charge is 2.43. The van der Waals surface area contributed by atoms with Crippen molar-refractivity contribution in [3.05, 3.63) is 29.8 Å². The lowest BCUT2D eigenvalue weighted by Crippen LogP contribution is -2.20. The molecule has 2 aliphatic carbocycles. The molecule has 2 nitrogen and oxygen atoms in total. The molecule has 1 aromatic rings. The summed E-state index contributed by atoms with van der Waals surface area (Å²) in [6.07, 6.45) is 7.99. The maximum atomic E-state index is 6.31. The van der Waals surface area contributed by atoms with Crippen LogP contribution in [0.3, 0.4) is 0 Å². The van der Waals surface area contributed by atoms with Gasteiger partial charge >= 0.3 is 0 Å². The minimum absolute atomic E-state index is 0.179. The molecule has 1 atom stereocenters. The second kappa shape index (κ2) is 4.58. The van der Waals surface area contributed by atoms with Gasteiger partial charge in [-0.05, 0) is 61.6 Å². The van der Waals surface area contributed by atoms with Crippen molar-refractivity contribution in [1.29, 1.82) is 0 Å². The number of hydrogen-bond donors (Lipinski definition) is 1. The average Bonchev–Trinajstić information content (AvgIpc) is 2.93. The van der Waals surface area contributed by atoms with Gasteiger partial charge < -0.3 is 10.5 Å². The normalized spacial score (nSPS) is 23.9. The first-order valence-electron chi connectivity index (χ1n) is 7.20. The Morgan fingerprint density at radius 3 is 2.33 bits per heavy atom. The van der Waals surface area contributed by atoms with Crippen molar-refractivity contribution in [1.82, 2.24) is 0 Å². The van der Waals surface area contributed by atoms with E-state index in [4.69, 9.17) is 10.5 Å². The predicted octanol–water partition coefficient (Wildman–Crippen LogP) is 3.81. The van der Waals surface area contributed by atoms with E-state index in [0.717, 1.165) is 5.75 Å². The van der Waals surface area contributed by atoms with Gasteiger partial charge in [-0.25, -0.2) is 0 Å². The van der Waals surface area contributed by atoms with E-state index in [1.54, 1.807) is 0 Å². The third kappa shape index (κ3) is 2.39. The molecule has 2 N–H and O–H groups in total. The molecule has 0 saturated heterocycles. The van der Waals surface area contributed by atoms with Crippen molar-refractivity contribution < 1.29 is 4.74 Å². The van der Waals surface area contributed by atoms with Gasteiger partial charge in [-0.1, -0.05) is 19.1 Å². The first kappa shape index (κ1) is 12.0. The van der Waals surface area contributed by atoms with Crippen LogP contribution in [0.2, 0.25) is 0 Å². The molecule has 1 unspecified atom stereocenters. The summed E-state index contributed by atoms with van der Waals surface area (Å²) in [5.41, 5.74) is 7.89. The molecule has 2 heteroatoms. The van der Waals surface area contributed by atoms with Crippen LogP contribution in [-0.2, 0) is 0 Å². The number of rotatable bonds is 4. The lowest BCUT2D eigenvalue weighted by Gasteiger charge is -2.20. The van der Waals surface area contributed by atoms with Crippen LogP contribution in [0.15, 0.2) is 24.3 Å². The highest BCUT2D eigenvalue weighted by Crippen LogP contribution is 2.53. The van der Waals surface area contributed by atoms with Gasteiger partial charge in [0.05, 0.1) is 6.10 Å². The van der Waals surface area contributed by atoms with Crippen molar-refractivity contribution in [3.8, 4) is 5.75 Å². The summed E-state index contributed by atoms with van der Waals surface area (Å²) >= 11 is 0. The molecule has 0 bridgehead atoms. The molecule has 0 aromatic heterocycles. The van der Waals surface area contributed by atoms with Gasteiger partial charge in [0.2, 0.25) is 0 Å². The van der Waals surface area contributed by atoms with Gasteiger partial charge in [0.15, 0.2) is 0 Å². The van der Waals surface area contributed by atoms with E-state index < -0.39 is 0 Å². The maximum Gasteiger partial charge on any atom is 0.119 e. The zero-order valence-electron chi connectivity index (χ0n) is 11.2. The number of nitrogens with two attached hydrogens (primary N) is 1. The summed E-state index contributed by atoms with van der Waals surface area (Å²) in [6, 6.07) is 8.62.